The minimum absolute atomic E-state index is 0.386. The van der Waals surface area contributed by atoms with Crippen LogP contribution in [0, 0.1) is 0 Å². The molecule has 0 aliphatic carbocycles. The summed E-state index contributed by atoms with van der Waals surface area (Å²) in [6, 6.07) is 6.13. The van der Waals surface area contributed by atoms with Gasteiger partial charge in [0, 0.05) is 11.1 Å². The quantitative estimate of drug-likeness (QED) is 0.745. The average Bonchev–Trinajstić information content (AvgIpc) is 2.65. The number of benzene rings is 1. The Hall–Kier alpha value is -0.730. The summed E-state index contributed by atoms with van der Waals surface area (Å²) >= 11 is 11.9. The molecule has 16 heavy (non-hydrogen) atoms. The molecule has 0 bridgehead atoms. The largest absolute Gasteiger partial charge is 0.324 e. The standard InChI is InChI=1S/C12H14Cl2N2/c1-3-8(2)16-11-6-9(14)4-5-10(11)15-12(16)7-13/h4-6,8H,3,7H2,1-2H3. The Morgan fingerprint density at radius 3 is 2.81 bits per heavy atom. The fraction of sp³-hybridized carbons (Fsp3) is 0.417. The van der Waals surface area contributed by atoms with Crippen LogP contribution in [0.25, 0.3) is 11.0 Å². The van der Waals surface area contributed by atoms with E-state index in [2.05, 4.69) is 23.4 Å². The maximum atomic E-state index is 6.02. The SMILES string of the molecule is CCC(C)n1c(CCl)nc2ccc(Cl)cc21. The van der Waals surface area contributed by atoms with Crippen molar-refractivity contribution >= 4 is 34.2 Å². The second-order valence-corrected chi connectivity index (χ2v) is 4.63. The van der Waals surface area contributed by atoms with Gasteiger partial charge in [-0.15, -0.1) is 11.6 Å². The van der Waals surface area contributed by atoms with Gasteiger partial charge in [-0.1, -0.05) is 18.5 Å². The molecule has 0 N–H and O–H groups in total. The van der Waals surface area contributed by atoms with Gasteiger partial charge in [0.1, 0.15) is 5.82 Å². The maximum Gasteiger partial charge on any atom is 0.125 e. The molecule has 1 aromatic carbocycles. The lowest BCUT2D eigenvalue weighted by atomic mass is 10.2. The van der Waals surface area contributed by atoms with Crippen molar-refractivity contribution < 1.29 is 0 Å². The molecule has 2 aromatic rings. The first kappa shape index (κ1) is 11.7. The Kier molecular flexibility index (Phi) is 3.41. The molecule has 0 amide bonds. The molecule has 2 nitrogen and oxygen atoms in total. The lowest BCUT2D eigenvalue weighted by Crippen LogP contribution is -2.07. The predicted molar refractivity (Wildman–Crippen MR) is 69.3 cm³/mol. The zero-order chi connectivity index (χ0) is 11.7. The Morgan fingerprint density at radius 1 is 1.44 bits per heavy atom. The van der Waals surface area contributed by atoms with Gasteiger partial charge in [0.2, 0.25) is 0 Å². The van der Waals surface area contributed by atoms with E-state index in [0.29, 0.717) is 11.9 Å². The highest BCUT2D eigenvalue weighted by Crippen LogP contribution is 2.26. The van der Waals surface area contributed by atoms with Gasteiger partial charge in [0.15, 0.2) is 0 Å². The van der Waals surface area contributed by atoms with Gasteiger partial charge in [-0.25, -0.2) is 4.98 Å². The molecule has 0 fully saturated rings. The maximum absolute atomic E-state index is 6.02. The van der Waals surface area contributed by atoms with Crippen LogP contribution in [0.15, 0.2) is 18.2 Å². The summed E-state index contributed by atoms with van der Waals surface area (Å²) in [6.07, 6.45) is 1.04. The number of fused-ring (bicyclic) bond motifs is 1. The van der Waals surface area contributed by atoms with E-state index in [0.717, 1.165) is 28.3 Å². The van der Waals surface area contributed by atoms with Crippen molar-refractivity contribution in [3.63, 3.8) is 0 Å². The van der Waals surface area contributed by atoms with Crippen LogP contribution in [0.2, 0.25) is 5.02 Å². The third-order valence-corrected chi connectivity index (χ3v) is 3.35. The first-order chi connectivity index (χ1) is 7.67. The summed E-state index contributed by atoms with van der Waals surface area (Å²) in [5, 5.41) is 0.734. The van der Waals surface area contributed by atoms with Crippen LogP contribution in [0.1, 0.15) is 32.1 Å². The number of rotatable bonds is 3. The van der Waals surface area contributed by atoms with E-state index in [1.54, 1.807) is 0 Å². The van der Waals surface area contributed by atoms with Gasteiger partial charge in [-0.3, -0.25) is 0 Å². The Bertz CT molecular complexity index is 505. The molecule has 0 aliphatic rings. The summed E-state index contributed by atoms with van der Waals surface area (Å²) < 4.78 is 2.17. The van der Waals surface area contributed by atoms with E-state index >= 15 is 0 Å². The molecule has 0 aliphatic heterocycles. The van der Waals surface area contributed by atoms with Crippen LogP contribution >= 0.6 is 23.2 Å². The number of hydrogen-bond acceptors (Lipinski definition) is 1. The third-order valence-electron chi connectivity index (χ3n) is 2.88. The minimum Gasteiger partial charge on any atom is -0.324 e. The molecule has 0 saturated heterocycles. The van der Waals surface area contributed by atoms with Crippen LogP contribution in [-0.2, 0) is 5.88 Å². The fourth-order valence-electron chi connectivity index (χ4n) is 1.88. The Morgan fingerprint density at radius 2 is 2.19 bits per heavy atom. The normalized spacial score (nSPS) is 13.2. The van der Waals surface area contributed by atoms with E-state index in [1.165, 1.54) is 0 Å². The van der Waals surface area contributed by atoms with Gasteiger partial charge in [-0.2, -0.15) is 0 Å². The highest BCUT2D eigenvalue weighted by Gasteiger charge is 2.14. The summed E-state index contributed by atoms with van der Waals surface area (Å²) in [5.74, 6) is 1.34. The molecule has 0 saturated carbocycles. The van der Waals surface area contributed by atoms with Crippen LogP contribution in [0.3, 0.4) is 0 Å². The number of hydrogen-bond donors (Lipinski definition) is 0. The highest BCUT2D eigenvalue weighted by molar-refractivity contribution is 6.31. The lowest BCUT2D eigenvalue weighted by molar-refractivity contribution is 0.530. The predicted octanol–water partition coefficient (Wildman–Crippen LogP) is 4.40. The Labute approximate surface area is 105 Å². The molecule has 1 unspecified atom stereocenters. The third kappa shape index (κ3) is 1.92. The van der Waals surface area contributed by atoms with Crippen molar-refractivity contribution in [1.29, 1.82) is 0 Å². The second kappa shape index (κ2) is 4.64. The number of aromatic nitrogens is 2. The van der Waals surface area contributed by atoms with Gasteiger partial charge in [0.05, 0.1) is 16.9 Å². The molecule has 2 rings (SSSR count). The first-order valence-corrected chi connectivity index (χ1v) is 6.31. The fourth-order valence-corrected chi connectivity index (χ4v) is 2.24. The minimum atomic E-state index is 0.386. The summed E-state index contributed by atoms with van der Waals surface area (Å²) in [6.45, 7) is 4.32. The van der Waals surface area contributed by atoms with E-state index in [-0.39, 0.29) is 0 Å². The highest BCUT2D eigenvalue weighted by atomic mass is 35.5. The van der Waals surface area contributed by atoms with Crippen LogP contribution in [0.4, 0.5) is 0 Å². The van der Waals surface area contributed by atoms with Gasteiger partial charge < -0.3 is 4.57 Å². The molecule has 0 radical (unpaired) electrons. The summed E-state index contributed by atoms with van der Waals surface area (Å²) in [7, 11) is 0. The van der Waals surface area contributed by atoms with Crippen molar-refractivity contribution in [2.45, 2.75) is 32.2 Å². The zero-order valence-corrected chi connectivity index (χ0v) is 10.9. The van der Waals surface area contributed by atoms with E-state index in [4.69, 9.17) is 23.2 Å². The van der Waals surface area contributed by atoms with E-state index < -0.39 is 0 Å². The van der Waals surface area contributed by atoms with Gasteiger partial charge >= 0.3 is 0 Å². The summed E-state index contributed by atoms with van der Waals surface area (Å²) in [5.41, 5.74) is 2.03. The average molecular weight is 257 g/mol. The monoisotopic (exact) mass is 256 g/mol. The van der Waals surface area contributed by atoms with Crippen molar-refractivity contribution in [2.75, 3.05) is 0 Å². The molecular weight excluding hydrogens is 243 g/mol. The van der Waals surface area contributed by atoms with Crippen LogP contribution in [-0.4, -0.2) is 9.55 Å². The Balaban J connectivity index is 2.70. The lowest BCUT2D eigenvalue weighted by Gasteiger charge is -2.14. The molecule has 86 valence electrons. The number of halogens is 2. The molecule has 0 spiro atoms. The van der Waals surface area contributed by atoms with Crippen molar-refractivity contribution in [2.24, 2.45) is 0 Å². The van der Waals surface area contributed by atoms with Crippen LogP contribution < -0.4 is 0 Å². The van der Waals surface area contributed by atoms with E-state index in [1.807, 2.05) is 18.2 Å². The summed E-state index contributed by atoms with van der Waals surface area (Å²) in [4.78, 5) is 4.51. The molecule has 1 heterocycles. The molecule has 1 aromatic heterocycles. The molecular formula is C12H14Cl2N2. The second-order valence-electron chi connectivity index (χ2n) is 3.92. The number of imidazole rings is 1. The molecule has 1 atom stereocenters. The first-order valence-electron chi connectivity index (χ1n) is 5.39. The zero-order valence-electron chi connectivity index (χ0n) is 9.37. The van der Waals surface area contributed by atoms with Gasteiger partial charge in [0.25, 0.3) is 0 Å². The van der Waals surface area contributed by atoms with E-state index in [9.17, 15) is 0 Å². The van der Waals surface area contributed by atoms with Crippen LogP contribution in [0.5, 0.6) is 0 Å². The molecule has 4 heteroatoms. The number of alkyl halides is 1. The van der Waals surface area contributed by atoms with Gasteiger partial charge in [-0.05, 0) is 31.5 Å². The van der Waals surface area contributed by atoms with Crippen molar-refractivity contribution in [3.05, 3.63) is 29.0 Å². The van der Waals surface area contributed by atoms with Crippen molar-refractivity contribution in [3.8, 4) is 0 Å². The van der Waals surface area contributed by atoms with Crippen molar-refractivity contribution in [1.82, 2.24) is 9.55 Å². The topological polar surface area (TPSA) is 17.8 Å². The number of nitrogens with zero attached hydrogens (tertiary/aromatic N) is 2. The smallest absolute Gasteiger partial charge is 0.125 e.